The summed E-state index contributed by atoms with van der Waals surface area (Å²) >= 11 is 0. The molecule has 0 atom stereocenters. The maximum atomic E-state index is 4.10. The van der Waals surface area contributed by atoms with E-state index in [1.54, 1.807) is 0 Å². The van der Waals surface area contributed by atoms with Gasteiger partial charge in [0.15, 0.2) is 0 Å². The molecule has 0 aromatic heterocycles. The molecule has 3 aromatic rings. The van der Waals surface area contributed by atoms with Crippen molar-refractivity contribution in [1.82, 2.24) is 4.90 Å². The summed E-state index contributed by atoms with van der Waals surface area (Å²) < 4.78 is 0. The third-order valence-corrected chi connectivity index (χ3v) is 6.25. The van der Waals surface area contributed by atoms with Crippen LogP contribution in [0.5, 0.6) is 0 Å². The van der Waals surface area contributed by atoms with Crippen LogP contribution in [-0.2, 0) is 25.9 Å². The van der Waals surface area contributed by atoms with E-state index in [0.717, 1.165) is 45.3 Å². The van der Waals surface area contributed by atoms with Gasteiger partial charge >= 0.3 is 0 Å². The lowest BCUT2D eigenvalue weighted by atomic mass is 9.98. The molecule has 1 nitrogen and oxygen atoms in total. The van der Waals surface area contributed by atoms with Crippen LogP contribution < -0.4 is 0 Å². The molecule has 0 aliphatic rings. The predicted octanol–water partition coefficient (Wildman–Crippen LogP) is 7.76. The molecule has 1 heteroatoms. The summed E-state index contributed by atoms with van der Waals surface area (Å²) in [7, 11) is 0. The van der Waals surface area contributed by atoms with Gasteiger partial charge in [-0.3, -0.25) is 4.90 Å². The Hall–Kier alpha value is -2.64. The normalized spacial score (nSPS) is 11.2. The number of hydrogen-bond acceptors (Lipinski definition) is 1. The zero-order chi connectivity index (χ0) is 22.9. The van der Waals surface area contributed by atoms with Crippen LogP contribution in [0.25, 0.3) is 0 Å². The first-order valence-electron chi connectivity index (χ1n) is 12.0. The van der Waals surface area contributed by atoms with E-state index in [9.17, 15) is 0 Å². The summed E-state index contributed by atoms with van der Waals surface area (Å²) in [5.74, 6) is 0. The fraction of sp³-hybridized carbons (Fsp3) is 0.355. The highest BCUT2D eigenvalue weighted by Gasteiger charge is 2.12. The second-order valence-electron chi connectivity index (χ2n) is 9.46. The standard InChI is InChI=1S/C31H39N/c1-24(2)10-9-19-32(22-30-17-15-26(4)20-27(30)5)23-31-14-7-6-13-29(31)18-16-28-12-8-11-25(3)21-28/h6-8,11-15,17,20-21H,1,9-10,16,18-19,22-23H2,2-5H3. The quantitative estimate of drug-likeness (QED) is 0.284. The van der Waals surface area contributed by atoms with Gasteiger partial charge in [-0.05, 0) is 87.7 Å². The second kappa shape index (κ2) is 11.8. The van der Waals surface area contributed by atoms with E-state index in [0.29, 0.717) is 0 Å². The van der Waals surface area contributed by atoms with E-state index < -0.39 is 0 Å². The number of hydrogen-bond donors (Lipinski definition) is 0. The fourth-order valence-electron chi connectivity index (χ4n) is 4.43. The zero-order valence-corrected chi connectivity index (χ0v) is 20.5. The molecule has 0 heterocycles. The SMILES string of the molecule is C=C(C)CCCN(Cc1ccc(C)cc1C)Cc1ccccc1CCc1cccc(C)c1. The van der Waals surface area contributed by atoms with Gasteiger partial charge in [-0.15, -0.1) is 6.58 Å². The smallest absolute Gasteiger partial charge is 0.0240 e. The molecular formula is C31H39N. The van der Waals surface area contributed by atoms with Gasteiger partial charge in [0.1, 0.15) is 0 Å². The van der Waals surface area contributed by atoms with Crippen molar-refractivity contribution >= 4 is 0 Å². The van der Waals surface area contributed by atoms with Crippen LogP contribution in [0.1, 0.15) is 58.7 Å². The first kappa shape index (κ1) is 24.0. The highest BCUT2D eigenvalue weighted by Crippen LogP contribution is 2.20. The third kappa shape index (κ3) is 7.50. The fourth-order valence-corrected chi connectivity index (χ4v) is 4.43. The van der Waals surface area contributed by atoms with Crippen LogP contribution in [0.2, 0.25) is 0 Å². The molecule has 0 N–H and O–H groups in total. The highest BCUT2D eigenvalue weighted by atomic mass is 15.1. The van der Waals surface area contributed by atoms with Gasteiger partial charge in [0, 0.05) is 13.1 Å². The van der Waals surface area contributed by atoms with Crippen LogP contribution in [0.3, 0.4) is 0 Å². The van der Waals surface area contributed by atoms with Crippen molar-refractivity contribution in [3.05, 3.63) is 118 Å². The maximum absolute atomic E-state index is 4.10. The van der Waals surface area contributed by atoms with Crippen LogP contribution in [0, 0.1) is 20.8 Å². The predicted molar refractivity (Wildman–Crippen MR) is 139 cm³/mol. The van der Waals surface area contributed by atoms with Crippen LogP contribution in [-0.4, -0.2) is 11.4 Å². The van der Waals surface area contributed by atoms with Gasteiger partial charge in [-0.2, -0.15) is 0 Å². The molecule has 0 bridgehead atoms. The molecule has 32 heavy (non-hydrogen) atoms. The summed E-state index contributed by atoms with van der Waals surface area (Å²) in [4.78, 5) is 2.62. The van der Waals surface area contributed by atoms with Gasteiger partial charge in [0.25, 0.3) is 0 Å². The van der Waals surface area contributed by atoms with Crippen LogP contribution in [0.4, 0.5) is 0 Å². The molecule has 3 rings (SSSR count). The summed E-state index contributed by atoms with van der Waals surface area (Å²) in [6, 6.07) is 24.8. The van der Waals surface area contributed by atoms with Gasteiger partial charge < -0.3 is 0 Å². The molecule has 0 saturated carbocycles. The first-order valence-corrected chi connectivity index (χ1v) is 12.0. The Balaban J connectivity index is 1.74. The molecule has 0 amide bonds. The lowest BCUT2D eigenvalue weighted by Gasteiger charge is -2.25. The minimum Gasteiger partial charge on any atom is -0.295 e. The topological polar surface area (TPSA) is 3.24 Å². The molecule has 0 fully saturated rings. The van der Waals surface area contributed by atoms with E-state index >= 15 is 0 Å². The average Bonchev–Trinajstić information content (AvgIpc) is 2.75. The maximum Gasteiger partial charge on any atom is 0.0240 e. The monoisotopic (exact) mass is 425 g/mol. The van der Waals surface area contributed by atoms with E-state index in [1.165, 1.54) is 44.5 Å². The van der Waals surface area contributed by atoms with Gasteiger partial charge in [0.2, 0.25) is 0 Å². The number of benzene rings is 3. The minimum atomic E-state index is 0.994. The molecule has 168 valence electrons. The van der Waals surface area contributed by atoms with Crippen molar-refractivity contribution in [3.63, 3.8) is 0 Å². The van der Waals surface area contributed by atoms with E-state index in [-0.39, 0.29) is 0 Å². The molecule has 3 aromatic carbocycles. The van der Waals surface area contributed by atoms with Crippen molar-refractivity contribution in [2.45, 2.75) is 66.5 Å². The van der Waals surface area contributed by atoms with E-state index in [4.69, 9.17) is 0 Å². The molecule has 0 aliphatic carbocycles. The molecule has 0 aliphatic heterocycles. The van der Waals surface area contributed by atoms with Gasteiger partial charge in [0.05, 0.1) is 0 Å². The van der Waals surface area contributed by atoms with Crippen molar-refractivity contribution in [2.24, 2.45) is 0 Å². The highest BCUT2D eigenvalue weighted by molar-refractivity contribution is 5.32. The Morgan fingerprint density at radius 2 is 1.47 bits per heavy atom. The minimum absolute atomic E-state index is 0.994. The van der Waals surface area contributed by atoms with Crippen molar-refractivity contribution < 1.29 is 0 Å². The Morgan fingerprint density at radius 3 is 2.19 bits per heavy atom. The molecule has 0 saturated heterocycles. The summed E-state index contributed by atoms with van der Waals surface area (Å²) in [6.45, 7) is 15.9. The zero-order valence-electron chi connectivity index (χ0n) is 20.5. The van der Waals surface area contributed by atoms with Crippen molar-refractivity contribution in [2.75, 3.05) is 6.54 Å². The summed E-state index contributed by atoms with van der Waals surface area (Å²) in [5, 5.41) is 0. The Bertz CT molecular complexity index is 1030. The lowest BCUT2D eigenvalue weighted by molar-refractivity contribution is 0.252. The molecule has 0 radical (unpaired) electrons. The Morgan fingerprint density at radius 1 is 0.750 bits per heavy atom. The van der Waals surface area contributed by atoms with Crippen LogP contribution >= 0.6 is 0 Å². The first-order chi connectivity index (χ1) is 15.4. The Labute approximate surface area is 195 Å². The van der Waals surface area contributed by atoms with Crippen LogP contribution in [0.15, 0.2) is 78.9 Å². The molecular weight excluding hydrogens is 386 g/mol. The third-order valence-electron chi connectivity index (χ3n) is 6.25. The van der Waals surface area contributed by atoms with E-state index in [1.807, 2.05) is 0 Å². The Kier molecular flexibility index (Phi) is 8.88. The molecule has 0 spiro atoms. The summed E-state index contributed by atoms with van der Waals surface area (Å²) in [6.07, 6.45) is 4.43. The summed E-state index contributed by atoms with van der Waals surface area (Å²) in [5.41, 5.74) is 11.1. The van der Waals surface area contributed by atoms with Crippen molar-refractivity contribution in [3.8, 4) is 0 Å². The number of allylic oxidation sites excluding steroid dienone is 1. The van der Waals surface area contributed by atoms with Crippen molar-refractivity contribution in [1.29, 1.82) is 0 Å². The average molecular weight is 426 g/mol. The van der Waals surface area contributed by atoms with Gasteiger partial charge in [-0.25, -0.2) is 0 Å². The lowest BCUT2D eigenvalue weighted by Crippen LogP contribution is -2.25. The number of rotatable bonds is 11. The largest absolute Gasteiger partial charge is 0.295 e. The number of nitrogens with zero attached hydrogens (tertiary/aromatic N) is 1. The number of aryl methyl sites for hydroxylation is 5. The van der Waals surface area contributed by atoms with Gasteiger partial charge in [-0.1, -0.05) is 83.4 Å². The van der Waals surface area contributed by atoms with E-state index in [2.05, 4.69) is 106 Å². The molecule has 0 unspecified atom stereocenters. The second-order valence-corrected chi connectivity index (χ2v) is 9.46.